The summed E-state index contributed by atoms with van der Waals surface area (Å²) < 4.78 is 5.85. The van der Waals surface area contributed by atoms with Gasteiger partial charge in [0.05, 0.1) is 5.60 Å². The summed E-state index contributed by atoms with van der Waals surface area (Å²) >= 11 is 4.52. The van der Waals surface area contributed by atoms with Crippen LogP contribution in [0.1, 0.15) is 58.3 Å². The Morgan fingerprint density at radius 3 is 2.50 bits per heavy atom. The van der Waals surface area contributed by atoms with Gasteiger partial charge in [-0.3, -0.25) is 0 Å². The third-order valence-corrected chi connectivity index (χ3v) is 5.10. The molecule has 0 amide bonds. The van der Waals surface area contributed by atoms with Crippen LogP contribution < -0.4 is 0 Å². The highest BCUT2D eigenvalue weighted by Crippen LogP contribution is 2.37. The van der Waals surface area contributed by atoms with Crippen molar-refractivity contribution in [2.24, 2.45) is 11.8 Å². The lowest BCUT2D eigenvalue weighted by Gasteiger charge is -2.38. The first-order valence-electron chi connectivity index (χ1n) is 7.55. The van der Waals surface area contributed by atoms with Gasteiger partial charge in [0.2, 0.25) is 0 Å². The second kappa shape index (κ2) is 6.62. The Kier molecular flexibility index (Phi) is 5.40. The van der Waals surface area contributed by atoms with Crippen molar-refractivity contribution in [2.75, 3.05) is 13.2 Å². The monoisotopic (exact) mass is 272 g/mol. The summed E-state index contributed by atoms with van der Waals surface area (Å²) in [5.74, 6) is 1.23. The minimum absolute atomic E-state index is 0.354. The van der Waals surface area contributed by atoms with Crippen molar-refractivity contribution >= 4 is 12.6 Å². The van der Waals surface area contributed by atoms with Gasteiger partial charge in [-0.15, -0.1) is 0 Å². The van der Waals surface area contributed by atoms with Gasteiger partial charge in [-0.1, -0.05) is 6.92 Å². The molecule has 106 valence electrons. The van der Waals surface area contributed by atoms with Crippen molar-refractivity contribution in [3.63, 3.8) is 0 Å². The quantitative estimate of drug-likeness (QED) is 0.725. The van der Waals surface area contributed by atoms with Gasteiger partial charge in [-0.2, -0.15) is 12.6 Å². The predicted octanol–water partition coefficient (Wildman–Crippen LogP) is 3.43. The zero-order chi connectivity index (χ0) is 13.0. The summed E-state index contributed by atoms with van der Waals surface area (Å²) in [4.78, 5) is 0. The van der Waals surface area contributed by atoms with E-state index in [9.17, 15) is 5.11 Å². The highest BCUT2D eigenvalue weighted by Gasteiger charge is 2.35. The first kappa shape index (κ1) is 14.7. The van der Waals surface area contributed by atoms with E-state index >= 15 is 0 Å². The lowest BCUT2D eigenvalue weighted by atomic mass is 9.75. The molecule has 0 aromatic carbocycles. The third-order valence-electron chi connectivity index (χ3n) is 4.58. The molecule has 2 rings (SSSR count). The maximum Gasteiger partial charge on any atom is 0.0651 e. The molecule has 18 heavy (non-hydrogen) atoms. The van der Waals surface area contributed by atoms with Gasteiger partial charge >= 0.3 is 0 Å². The van der Waals surface area contributed by atoms with Crippen LogP contribution in [0.3, 0.4) is 0 Å². The predicted molar refractivity (Wildman–Crippen MR) is 78.1 cm³/mol. The molecule has 0 saturated heterocycles. The largest absolute Gasteiger partial charge is 0.390 e. The number of ether oxygens (including phenoxy) is 1. The molecule has 0 aliphatic heterocycles. The molecule has 0 aromatic heterocycles. The van der Waals surface area contributed by atoms with E-state index in [1.165, 1.54) is 32.1 Å². The zero-order valence-corrected chi connectivity index (χ0v) is 12.5. The lowest BCUT2D eigenvalue weighted by Crippen LogP contribution is -2.39. The van der Waals surface area contributed by atoms with Crippen LogP contribution in [0.4, 0.5) is 0 Å². The summed E-state index contributed by atoms with van der Waals surface area (Å²) in [5.41, 5.74) is -0.354. The average molecular weight is 272 g/mol. The Morgan fingerprint density at radius 1 is 1.28 bits per heavy atom. The Hall–Kier alpha value is 0.270. The Morgan fingerprint density at radius 2 is 1.94 bits per heavy atom. The van der Waals surface area contributed by atoms with E-state index in [2.05, 4.69) is 19.6 Å². The molecule has 0 bridgehead atoms. The maximum absolute atomic E-state index is 10.1. The second-order valence-electron chi connectivity index (χ2n) is 6.60. The molecular formula is C15H28O2S. The first-order valence-corrected chi connectivity index (χ1v) is 8.07. The van der Waals surface area contributed by atoms with E-state index in [4.69, 9.17) is 4.74 Å². The topological polar surface area (TPSA) is 29.5 Å². The molecule has 2 saturated carbocycles. The highest BCUT2D eigenvalue weighted by molar-refractivity contribution is 7.80. The SMILES string of the molecule is CC(COCC1CCC(S)CC1)CC1(O)CCC1. The van der Waals surface area contributed by atoms with E-state index in [1.807, 2.05) is 0 Å². The normalized spacial score (nSPS) is 32.8. The van der Waals surface area contributed by atoms with E-state index < -0.39 is 0 Å². The van der Waals surface area contributed by atoms with E-state index in [-0.39, 0.29) is 5.60 Å². The molecule has 2 aliphatic rings. The van der Waals surface area contributed by atoms with Crippen LogP contribution in [0.25, 0.3) is 0 Å². The number of hydrogen-bond acceptors (Lipinski definition) is 3. The minimum atomic E-state index is -0.354. The number of thiol groups is 1. The molecule has 2 aliphatic carbocycles. The van der Waals surface area contributed by atoms with Crippen LogP contribution >= 0.6 is 12.6 Å². The van der Waals surface area contributed by atoms with Gasteiger partial charge < -0.3 is 9.84 Å². The van der Waals surface area contributed by atoms with Crippen LogP contribution in [0.2, 0.25) is 0 Å². The smallest absolute Gasteiger partial charge is 0.0651 e. The maximum atomic E-state index is 10.1. The van der Waals surface area contributed by atoms with Crippen LogP contribution in [-0.2, 0) is 4.74 Å². The van der Waals surface area contributed by atoms with Gasteiger partial charge in [0.1, 0.15) is 0 Å². The van der Waals surface area contributed by atoms with Gasteiger partial charge in [-0.05, 0) is 63.2 Å². The fraction of sp³-hybridized carbons (Fsp3) is 1.00. The van der Waals surface area contributed by atoms with Crippen LogP contribution in [0, 0.1) is 11.8 Å². The summed E-state index contributed by atoms with van der Waals surface area (Å²) in [6, 6.07) is 0. The Balaban J connectivity index is 1.54. The van der Waals surface area contributed by atoms with Crippen molar-refractivity contribution in [3.05, 3.63) is 0 Å². The van der Waals surface area contributed by atoms with Crippen molar-refractivity contribution in [2.45, 2.75) is 69.1 Å². The third kappa shape index (κ3) is 4.43. The number of hydrogen-bond donors (Lipinski definition) is 2. The summed E-state index contributed by atoms with van der Waals surface area (Å²) in [6.45, 7) is 3.91. The number of aliphatic hydroxyl groups is 1. The molecule has 1 unspecified atom stereocenters. The highest BCUT2D eigenvalue weighted by atomic mass is 32.1. The van der Waals surface area contributed by atoms with E-state index in [0.717, 1.165) is 38.4 Å². The molecule has 1 N–H and O–H groups in total. The van der Waals surface area contributed by atoms with Gasteiger partial charge in [0.15, 0.2) is 0 Å². The number of rotatable bonds is 6. The molecule has 3 heteroatoms. The van der Waals surface area contributed by atoms with Crippen molar-refractivity contribution in [3.8, 4) is 0 Å². The summed E-state index contributed by atoms with van der Waals surface area (Å²) in [6.07, 6.45) is 9.11. The zero-order valence-electron chi connectivity index (χ0n) is 11.6. The van der Waals surface area contributed by atoms with Gasteiger partial charge in [-0.25, -0.2) is 0 Å². The van der Waals surface area contributed by atoms with E-state index in [0.29, 0.717) is 11.2 Å². The summed E-state index contributed by atoms with van der Waals surface area (Å²) in [7, 11) is 0. The second-order valence-corrected chi connectivity index (χ2v) is 7.33. The molecule has 0 radical (unpaired) electrons. The van der Waals surface area contributed by atoms with Crippen LogP contribution in [0.5, 0.6) is 0 Å². The van der Waals surface area contributed by atoms with Gasteiger partial charge in [0.25, 0.3) is 0 Å². The minimum Gasteiger partial charge on any atom is -0.390 e. The molecular weight excluding hydrogens is 244 g/mol. The first-order chi connectivity index (χ1) is 8.57. The Labute approximate surface area is 117 Å². The fourth-order valence-electron chi connectivity index (χ4n) is 3.24. The van der Waals surface area contributed by atoms with Crippen LogP contribution in [0.15, 0.2) is 0 Å². The molecule has 0 aromatic rings. The average Bonchev–Trinajstić information content (AvgIpc) is 2.30. The van der Waals surface area contributed by atoms with E-state index in [1.54, 1.807) is 0 Å². The van der Waals surface area contributed by atoms with Gasteiger partial charge in [0, 0.05) is 18.5 Å². The standard InChI is InChI=1S/C15H28O2S/c1-12(9-15(16)7-2-8-15)10-17-11-13-3-5-14(18)6-4-13/h12-14,16,18H,2-11H2,1H3. The molecule has 2 nitrogen and oxygen atoms in total. The lowest BCUT2D eigenvalue weighted by molar-refractivity contribution is -0.0612. The van der Waals surface area contributed by atoms with Crippen molar-refractivity contribution in [1.82, 2.24) is 0 Å². The van der Waals surface area contributed by atoms with Crippen LogP contribution in [-0.4, -0.2) is 29.2 Å². The Bertz CT molecular complexity index is 245. The molecule has 0 spiro atoms. The summed E-state index contributed by atoms with van der Waals surface area (Å²) in [5, 5.41) is 10.7. The van der Waals surface area contributed by atoms with Crippen molar-refractivity contribution in [1.29, 1.82) is 0 Å². The fourth-order valence-corrected chi connectivity index (χ4v) is 3.54. The molecule has 1 atom stereocenters. The molecule has 2 fully saturated rings. The molecule has 0 heterocycles. The van der Waals surface area contributed by atoms with Crippen molar-refractivity contribution < 1.29 is 9.84 Å².